The molecule has 0 radical (unpaired) electrons. The standard InChI is InChI=1S/C18H24O2/c1-12(2)9-15-16(18(15,4)5)17(19)20-11-14-8-6-7-13(3)10-14/h6-10,15-16H,11H2,1-5H3/t15-,16+/m1/s1. The number of esters is 1. The maximum Gasteiger partial charge on any atom is 0.310 e. The molecule has 20 heavy (non-hydrogen) atoms. The minimum absolute atomic E-state index is 0.00205. The van der Waals surface area contributed by atoms with Gasteiger partial charge in [0.25, 0.3) is 0 Å². The highest BCUT2D eigenvalue weighted by Gasteiger charge is 2.61. The van der Waals surface area contributed by atoms with Crippen LogP contribution in [0.5, 0.6) is 0 Å². The van der Waals surface area contributed by atoms with Crippen molar-refractivity contribution in [3.05, 3.63) is 47.0 Å². The van der Waals surface area contributed by atoms with Gasteiger partial charge in [-0.25, -0.2) is 0 Å². The van der Waals surface area contributed by atoms with Gasteiger partial charge in [-0.1, -0.05) is 55.3 Å². The first-order chi connectivity index (χ1) is 9.32. The molecule has 0 saturated heterocycles. The van der Waals surface area contributed by atoms with Crippen molar-refractivity contribution in [2.45, 2.75) is 41.2 Å². The van der Waals surface area contributed by atoms with E-state index in [1.807, 2.05) is 25.1 Å². The van der Waals surface area contributed by atoms with Crippen LogP contribution in [0.25, 0.3) is 0 Å². The number of benzene rings is 1. The summed E-state index contributed by atoms with van der Waals surface area (Å²) < 4.78 is 5.49. The second-order valence-corrected chi connectivity index (χ2v) is 6.67. The summed E-state index contributed by atoms with van der Waals surface area (Å²) in [5.74, 6) is 0.249. The van der Waals surface area contributed by atoms with Crippen molar-refractivity contribution < 1.29 is 9.53 Å². The van der Waals surface area contributed by atoms with Gasteiger partial charge in [0.15, 0.2) is 0 Å². The number of carbonyl (C=O) groups excluding carboxylic acids is 1. The quantitative estimate of drug-likeness (QED) is 0.604. The Morgan fingerprint density at radius 1 is 1.35 bits per heavy atom. The van der Waals surface area contributed by atoms with Gasteiger partial charge in [-0.05, 0) is 37.7 Å². The summed E-state index contributed by atoms with van der Waals surface area (Å²) in [7, 11) is 0. The molecule has 0 spiro atoms. The van der Waals surface area contributed by atoms with E-state index in [1.54, 1.807) is 0 Å². The van der Waals surface area contributed by atoms with Crippen molar-refractivity contribution in [2.75, 3.05) is 0 Å². The van der Waals surface area contributed by atoms with E-state index in [0.29, 0.717) is 12.5 Å². The van der Waals surface area contributed by atoms with Crippen LogP contribution in [-0.2, 0) is 16.1 Å². The smallest absolute Gasteiger partial charge is 0.310 e. The van der Waals surface area contributed by atoms with Gasteiger partial charge in [0.05, 0.1) is 5.92 Å². The highest BCUT2D eigenvalue weighted by molar-refractivity contribution is 5.78. The molecule has 108 valence electrons. The van der Waals surface area contributed by atoms with E-state index in [4.69, 9.17) is 4.74 Å². The summed E-state index contributed by atoms with van der Waals surface area (Å²) in [6, 6.07) is 8.08. The van der Waals surface area contributed by atoms with Crippen LogP contribution in [0.15, 0.2) is 35.9 Å². The summed E-state index contributed by atoms with van der Waals surface area (Å²) >= 11 is 0. The van der Waals surface area contributed by atoms with Crippen molar-refractivity contribution in [3.63, 3.8) is 0 Å². The van der Waals surface area contributed by atoms with E-state index in [1.165, 1.54) is 11.1 Å². The molecule has 0 unspecified atom stereocenters. The Balaban J connectivity index is 1.95. The molecule has 1 saturated carbocycles. The Morgan fingerprint density at radius 3 is 2.65 bits per heavy atom. The number of rotatable bonds is 4. The molecular weight excluding hydrogens is 248 g/mol. The van der Waals surface area contributed by atoms with Gasteiger partial charge < -0.3 is 4.74 Å². The van der Waals surface area contributed by atoms with E-state index >= 15 is 0 Å². The van der Waals surface area contributed by atoms with Crippen LogP contribution in [0.1, 0.15) is 38.8 Å². The van der Waals surface area contributed by atoms with E-state index in [0.717, 1.165) is 5.56 Å². The van der Waals surface area contributed by atoms with Crippen LogP contribution >= 0.6 is 0 Å². The molecule has 2 heteroatoms. The van der Waals surface area contributed by atoms with Crippen LogP contribution in [0.4, 0.5) is 0 Å². The number of hydrogen-bond acceptors (Lipinski definition) is 2. The monoisotopic (exact) mass is 272 g/mol. The molecule has 0 amide bonds. The zero-order chi connectivity index (χ0) is 14.9. The Bertz CT molecular complexity index is 536. The Hall–Kier alpha value is -1.57. The molecule has 0 heterocycles. The van der Waals surface area contributed by atoms with Crippen molar-refractivity contribution >= 4 is 5.97 Å². The maximum absolute atomic E-state index is 12.2. The first kappa shape index (κ1) is 14.8. The van der Waals surface area contributed by atoms with Crippen molar-refractivity contribution in [3.8, 4) is 0 Å². The molecule has 0 aromatic heterocycles. The van der Waals surface area contributed by atoms with Crippen molar-refractivity contribution in [1.29, 1.82) is 0 Å². The third-order valence-corrected chi connectivity index (χ3v) is 4.14. The van der Waals surface area contributed by atoms with Crippen molar-refractivity contribution in [2.24, 2.45) is 17.3 Å². The molecule has 1 aliphatic rings. The average Bonchev–Trinajstić information content (AvgIpc) is 2.87. The highest BCUT2D eigenvalue weighted by Crippen LogP contribution is 2.59. The normalized spacial score (nSPS) is 23.1. The number of hydrogen-bond donors (Lipinski definition) is 0. The predicted octanol–water partition coefficient (Wildman–Crippen LogP) is 4.28. The lowest BCUT2D eigenvalue weighted by Gasteiger charge is -2.06. The summed E-state index contributed by atoms with van der Waals surface area (Å²) in [6.07, 6.45) is 2.19. The number of carbonyl (C=O) groups is 1. The summed E-state index contributed by atoms with van der Waals surface area (Å²) in [5, 5.41) is 0. The van der Waals surface area contributed by atoms with E-state index in [9.17, 15) is 4.79 Å². The Labute approximate surface area is 121 Å². The molecule has 1 fully saturated rings. The second kappa shape index (κ2) is 5.43. The van der Waals surface area contributed by atoms with Gasteiger partial charge >= 0.3 is 5.97 Å². The topological polar surface area (TPSA) is 26.3 Å². The van der Waals surface area contributed by atoms with Gasteiger partial charge in [-0.2, -0.15) is 0 Å². The number of ether oxygens (including phenoxy) is 1. The molecule has 1 aromatic rings. The first-order valence-corrected chi connectivity index (χ1v) is 7.19. The lowest BCUT2D eigenvalue weighted by Crippen LogP contribution is -2.10. The van der Waals surface area contributed by atoms with E-state index < -0.39 is 0 Å². The molecule has 1 aromatic carbocycles. The van der Waals surface area contributed by atoms with E-state index in [2.05, 4.69) is 39.8 Å². The minimum atomic E-state index is -0.0704. The second-order valence-electron chi connectivity index (χ2n) is 6.67. The molecule has 1 aliphatic carbocycles. The molecule has 0 aliphatic heterocycles. The lowest BCUT2D eigenvalue weighted by atomic mass is 10.1. The van der Waals surface area contributed by atoms with E-state index in [-0.39, 0.29) is 17.3 Å². The van der Waals surface area contributed by atoms with Gasteiger partial charge in [-0.3, -0.25) is 4.79 Å². The van der Waals surface area contributed by atoms with Crippen LogP contribution in [0.2, 0.25) is 0 Å². The zero-order valence-electron chi connectivity index (χ0n) is 13.1. The molecule has 2 rings (SSSR count). The first-order valence-electron chi connectivity index (χ1n) is 7.19. The van der Waals surface area contributed by atoms with Crippen LogP contribution in [0, 0.1) is 24.2 Å². The molecule has 0 bridgehead atoms. The molecular formula is C18H24O2. The predicted molar refractivity (Wildman–Crippen MR) is 81.2 cm³/mol. The molecule has 2 atom stereocenters. The summed E-state index contributed by atoms with van der Waals surface area (Å²) in [5.41, 5.74) is 3.53. The highest BCUT2D eigenvalue weighted by atomic mass is 16.5. The third kappa shape index (κ3) is 3.12. The fourth-order valence-electron chi connectivity index (χ4n) is 2.84. The minimum Gasteiger partial charge on any atom is -0.461 e. The largest absolute Gasteiger partial charge is 0.461 e. The Kier molecular flexibility index (Phi) is 4.03. The van der Waals surface area contributed by atoms with Gasteiger partial charge in [-0.15, -0.1) is 0 Å². The number of aryl methyl sites for hydroxylation is 1. The van der Waals surface area contributed by atoms with Crippen LogP contribution in [-0.4, -0.2) is 5.97 Å². The fourth-order valence-corrected chi connectivity index (χ4v) is 2.84. The zero-order valence-corrected chi connectivity index (χ0v) is 13.1. The van der Waals surface area contributed by atoms with Crippen LogP contribution < -0.4 is 0 Å². The summed E-state index contributed by atoms with van der Waals surface area (Å²) in [4.78, 5) is 12.2. The number of allylic oxidation sites excluding steroid dienone is 2. The van der Waals surface area contributed by atoms with Crippen LogP contribution in [0.3, 0.4) is 0 Å². The third-order valence-electron chi connectivity index (χ3n) is 4.14. The molecule has 2 nitrogen and oxygen atoms in total. The maximum atomic E-state index is 12.2. The fraction of sp³-hybridized carbons (Fsp3) is 0.500. The average molecular weight is 272 g/mol. The van der Waals surface area contributed by atoms with Gasteiger partial charge in [0, 0.05) is 0 Å². The van der Waals surface area contributed by atoms with Gasteiger partial charge in [0.1, 0.15) is 6.61 Å². The van der Waals surface area contributed by atoms with Gasteiger partial charge in [0.2, 0.25) is 0 Å². The van der Waals surface area contributed by atoms with Crippen molar-refractivity contribution in [1.82, 2.24) is 0 Å². The SMILES string of the molecule is CC(C)=C[C@@H]1[C@@H](C(=O)OCc2cccc(C)c2)C1(C)C. The summed E-state index contributed by atoms with van der Waals surface area (Å²) in [6.45, 7) is 10.8. The Morgan fingerprint density at radius 2 is 2.05 bits per heavy atom. The lowest BCUT2D eigenvalue weighted by molar-refractivity contribution is -0.147. The molecule has 0 N–H and O–H groups in total.